The number of hydrogen-bond acceptors (Lipinski definition) is 5. The molecule has 3 rings (SSSR count). The highest BCUT2D eigenvalue weighted by Crippen LogP contribution is 2.25. The number of benzene rings is 1. The number of ketones is 1. The summed E-state index contributed by atoms with van der Waals surface area (Å²) >= 11 is 1.12. The van der Waals surface area contributed by atoms with Crippen LogP contribution in [0.5, 0.6) is 0 Å². The molecule has 0 N–H and O–H groups in total. The van der Waals surface area contributed by atoms with Gasteiger partial charge in [-0.3, -0.25) is 9.36 Å². The van der Waals surface area contributed by atoms with Crippen molar-refractivity contribution in [3.05, 3.63) is 53.8 Å². The lowest BCUT2D eigenvalue weighted by Crippen LogP contribution is -2.07. The predicted molar refractivity (Wildman–Crippen MR) is 84.8 cm³/mol. The van der Waals surface area contributed by atoms with E-state index in [1.807, 2.05) is 6.92 Å². The molecule has 5 nitrogen and oxygen atoms in total. The summed E-state index contributed by atoms with van der Waals surface area (Å²) < 4.78 is 33.9. The Morgan fingerprint density at radius 1 is 1.29 bits per heavy atom. The number of halogens is 2. The van der Waals surface area contributed by atoms with Gasteiger partial charge in [-0.05, 0) is 37.3 Å². The first kappa shape index (κ1) is 16.4. The van der Waals surface area contributed by atoms with E-state index in [4.69, 9.17) is 4.42 Å². The lowest BCUT2D eigenvalue weighted by molar-refractivity contribution is 0.101. The van der Waals surface area contributed by atoms with Crippen LogP contribution in [-0.4, -0.2) is 26.3 Å². The lowest BCUT2D eigenvalue weighted by Gasteiger charge is -2.06. The van der Waals surface area contributed by atoms with Gasteiger partial charge in [0.15, 0.2) is 22.5 Å². The van der Waals surface area contributed by atoms with E-state index in [1.54, 1.807) is 16.7 Å². The highest BCUT2D eigenvalue weighted by molar-refractivity contribution is 7.99. The second-order valence-electron chi connectivity index (χ2n) is 4.86. The second-order valence-corrected chi connectivity index (χ2v) is 5.81. The quantitative estimate of drug-likeness (QED) is 0.500. The second kappa shape index (κ2) is 6.96. The fourth-order valence-corrected chi connectivity index (χ4v) is 3.07. The van der Waals surface area contributed by atoms with Crippen molar-refractivity contribution in [2.45, 2.75) is 18.6 Å². The molecule has 3 aromatic rings. The predicted octanol–water partition coefficient (Wildman–Crippen LogP) is 3.81. The number of thioether (sulfide) groups is 1. The standard InChI is InChI=1S/C16H13F2N3O2S/c1-2-21-15(14-4-3-7-23-14)19-20-16(21)24-9-13(22)11-8-10(17)5-6-12(11)18/h3-8H,2,9H2,1H3. The van der Waals surface area contributed by atoms with E-state index in [1.165, 1.54) is 6.26 Å². The number of Topliss-reactive ketones (excluding diaryl/α,β-unsaturated/α-hetero) is 1. The summed E-state index contributed by atoms with van der Waals surface area (Å²) in [7, 11) is 0. The van der Waals surface area contributed by atoms with Crippen molar-refractivity contribution in [1.82, 2.24) is 14.8 Å². The summed E-state index contributed by atoms with van der Waals surface area (Å²) in [5.41, 5.74) is -0.267. The van der Waals surface area contributed by atoms with Gasteiger partial charge in [-0.25, -0.2) is 8.78 Å². The van der Waals surface area contributed by atoms with Crippen molar-refractivity contribution in [3.63, 3.8) is 0 Å². The van der Waals surface area contributed by atoms with E-state index in [9.17, 15) is 13.6 Å². The van der Waals surface area contributed by atoms with Crippen LogP contribution in [0.2, 0.25) is 0 Å². The van der Waals surface area contributed by atoms with Crippen LogP contribution in [0.25, 0.3) is 11.6 Å². The molecule has 0 fully saturated rings. The largest absolute Gasteiger partial charge is 0.461 e. The van der Waals surface area contributed by atoms with Gasteiger partial charge in [-0.1, -0.05) is 11.8 Å². The van der Waals surface area contributed by atoms with Gasteiger partial charge < -0.3 is 4.42 Å². The molecule has 124 valence electrons. The fourth-order valence-electron chi connectivity index (χ4n) is 2.19. The molecule has 0 aliphatic carbocycles. The first-order valence-corrected chi connectivity index (χ1v) is 8.17. The molecule has 0 saturated carbocycles. The maximum absolute atomic E-state index is 13.6. The van der Waals surface area contributed by atoms with Gasteiger partial charge in [0.25, 0.3) is 0 Å². The number of furan rings is 1. The number of carbonyl (C=O) groups excluding carboxylic acids is 1. The Morgan fingerprint density at radius 2 is 2.12 bits per heavy atom. The fraction of sp³-hybridized carbons (Fsp3) is 0.188. The van der Waals surface area contributed by atoms with Gasteiger partial charge in [0.1, 0.15) is 11.6 Å². The van der Waals surface area contributed by atoms with Crippen molar-refractivity contribution in [2.24, 2.45) is 0 Å². The van der Waals surface area contributed by atoms with E-state index in [0.29, 0.717) is 23.3 Å². The molecule has 8 heteroatoms. The molecule has 2 heterocycles. The van der Waals surface area contributed by atoms with E-state index in [-0.39, 0.29) is 11.3 Å². The Hall–Kier alpha value is -2.48. The summed E-state index contributed by atoms with van der Waals surface area (Å²) in [5, 5.41) is 8.62. The van der Waals surface area contributed by atoms with E-state index in [0.717, 1.165) is 30.0 Å². The third-order valence-electron chi connectivity index (χ3n) is 3.34. The van der Waals surface area contributed by atoms with Gasteiger partial charge in [0.05, 0.1) is 17.6 Å². The molecule has 0 atom stereocenters. The van der Waals surface area contributed by atoms with Gasteiger partial charge >= 0.3 is 0 Å². The zero-order chi connectivity index (χ0) is 17.1. The SMILES string of the molecule is CCn1c(SCC(=O)c2cc(F)ccc2F)nnc1-c1ccco1. The van der Waals surface area contributed by atoms with Crippen LogP contribution in [-0.2, 0) is 6.54 Å². The van der Waals surface area contributed by atoms with Crippen LogP contribution in [0.3, 0.4) is 0 Å². The van der Waals surface area contributed by atoms with Crippen molar-refractivity contribution in [2.75, 3.05) is 5.75 Å². The number of rotatable bonds is 6. The van der Waals surface area contributed by atoms with Crippen LogP contribution < -0.4 is 0 Å². The number of carbonyl (C=O) groups is 1. The Balaban J connectivity index is 1.77. The third kappa shape index (κ3) is 3.23. The Labute approximate surface area is 140 Å². The van der Waals surface area contributed by atoms with Crippen molar-refractivity contribution in [1.29, 1.82) is 0 Å². The minimum absolute atomic E-state index is 0.0728. The maximum atomic E-state index is 13.6. The molecular weight excluding hydrogens is 336 g/mol. The average molecular weight is 349 g/mol. The maximum Gasteiger partial charge on any atom is 0.200 e. The molecule has 2 aromatic heterocycles. The smallest absolute Gasteiger partial charge is 0.200 e. The Kier molecular flexibility index (Phi) is 4.75. The molecule has 0 radical (unpaired) electrons. The third-order valence-corrected chi connectivity index (χ3v) is 4.30. The molecule has 24 heavy (non-hydrogen) atoms. The minimum atomic E-state index is -0.741. The topological polar surface area (TPSA) is 60.9 Å². The average Bonchev–Trinajstić information content (AvgIpc) is 3.23. The lowest BCUT2D eigenvalue weighted by atomic mass is 10.1. The summed E-state index contributed by atoms with van der Waals surface area (Å²) in [6.45, 7) is 2.49. The van der Waals surface area contributed by atoms with Crippen LogP contribution in [0.4, 0.5) is 8.78 Å². The first-order chi connectivity index (χ1) is 11.6. The zero-order valence-corrected chi connectivity index (χ0v) is 13.5. The van der Waals surface area contributed by atoms with E-state index < -0.39 is 17.4 Å². The highest BCUT2D eigenvalue weighted by atomic mass is 32.2. The normalized spacial score (nSPS) is 11.0. The summed E-state index contributed by atoms with van der Waals surface area (Å²) in [6, 6.07) is 6.32. The summed E-state index contributed by atoms with van der Waals surface area (Å²) in [4.78, 5) is 12.1. The van der Waals surface area contributed by atoms with Crippen LogP contribution in [0, 0.1) is 11.6 Å². The van der Waals surface area contributed by atoms with Crippen LogP contribution in [0.1, 0.15) is 17.3 Å². The van der Waals surface area contributed by atoms with Gasteiger partial charge in [-0.2, -0.15) is 0 Å². The van der Waals surface area contributed by atoms with Crippen LogP contribution in [0.15, 0.2) is 46.2 Å². The highest BCUT2D eigenvalue weighted by Gasteiger charge is 2.18. The Morgan fingerprint density at radius 3 is 2.83 bits per heavy atom. The molecule has 0 bridgehead atoms. The molecular formula is C16H13F2N3O2S. The summed E-state index contributed by atoms with van der Waals surface area (Å²) in [5.74, 6) is -0.858. The first-order valence-electron chi connectivity index (χ1n) is 7.18. The molecule has 0 unspecified atom stereocenters. The molecule has 1 aromatic carbocycles. The van der Waals surface area contributed by atoms with Crippen molar-refractivity contribution in [3.8, 4) is 11.6 Å². The van der Waals surface area contributed by atoms with Gasteiger partial charge in [0, 0.05) is 6.54 Å². The molecule has 0 saturated heterocycles. The van der Waals surface area contributed by atoms with E-state index >= 15 is 0 Å². The molecule has 0 aliphatic heterocycles. The minimum Gasteiger partial charge on any atom is -0.461 e. The number of nitrogens with zero attached hydrogens (tertiary/aromatic N) is 3. The number of hydrogen-bond donors (Lipinski definition) is 0. The molecule has 0 spiro atoms. The summed E-state index contributed by atoms with van der Waals surface area (Å²) in [6.07, 6.45) is 1.53. The molecule has 0 aliphatic rings. The number of aromatic nitrogens is 3. The van der Waals surface area contributed by atoms with Crippen LogP contribution >= 0.6 is 11.8 Å². The van der Waals surface area contributed by atoms with Gasteiger partial charge in [-0.15, -0.1) is 10.2 Å². The van der Waals surface area contributed by atoms with Crippen molar-refractivity contribution >= 4 is 17.5 Å². The molecule has 0 amide bonds. The Bertz CT molecular complexity index is 862. The van der Waals surface area contributed by atoms with E-state index in [2.05, 4.69) is 10.2 Å². The zero-order valence-electron chi connectivity index (χ0n) is 12.7. The van der Waals surface area contributed by atoms with Crippen molar-refractivity contribution < 1.29 is 18.0 Å². The monoisotopic (exact) mass is 349 g/mol. The van der Waals surface area contributed by atoms with Gasteiger partial charge in [0.2, 0.25) is 0 Å².